The molecule has 0 aromatic rings. The minimum Gasteiger partial charge on any atom is -0.481 e. The molecule has 1 aliphatic carbocycles. The molecule has 2 atom stereocenters. The average Bonchev–Trinajstić information content (AvgIpc) is 2.72. The molecule has 0 bridgehead atoms. The van der Waals surface area contributed by atoms with Crippen LogP contribution in [0.25, 0.3) is 0 Å². The molecule has 6 nitrogen and oxygen atoms in total. The van der Waals surface area contributed by atoms with Crippen molar-refractivity contribution < 1.29 is 14.7 Å². The molecule has 1 saturated carbocycles. The molecule has 0 aromatic heterocycles. The van der Waals surface area contributed by atoms with Crippen molar-refractivity contribution in [2.45, 2.75) is 57.0 Å². The highest BCUT2D eigenvalue weighted by Gasteiger charge is 2.32. The van der Waals surface area contributed by atoms with E-state index >= 15 is 0 Å². The molecule has 0 spiro atoms. The van der Waals surface area contributed by atoms with E-state index in [4.69, 9.17) is 0 Å². The lowest BCUT2D eigenvalue weighted by Gasteiger charge is -2.33. The van der Waals surface area contributed by atoms with Gasteiger partial charge in [-0.25, -0.2) is 4.79 Å². The van der Waals surface area contributed by atoms with Gasteiger partial charge in [0.1, 0.15) is 0 Å². The summed E-state index contributed by atoms with van der Waals surface area (Å²) in [5.41, 5.74) is 0. The minimum absolute atomic E-state index is 0.125. The second-order valence-corrected chi connectivity index (χ2v) is 6.23. The number of urea groups is 1. The molecule has 2 amide bonds. The number of nitrogens with one attached hydrogen (secondary N) is 2. The summed E-state index contributed by atoms with van der Waals surface area (Å²) < 4.78 is 0. The van der Waals surface area contributed by atoms with Gasteiger partial charge in [0.2, 0.25) is 0 Å². The van der Waals surface area contributed by atoms with E-state index in [0.717, 1.165) is 51.6 Å². The molecule has 2 rings (SSSR count). The molecule has 1 aliphatic heterocycles. The fourth-order valence-corrected chi connectivity index (χ4v) is 3.40. The van der Waals surface area contributed by atoms with E-state index in [1.54, 1.807) is 4.90 Å². The predicted molar refractivity (Wildman–Crippen MR) is 80.2 cm³/mol. The van der Waals surface area contributed by atoms with Gasteiger partial charge in [-0.1, -0.05) is 19.3 Å². The molecule has 1 heterocycles. The van der Waals surface area contributed by atoms with Crippen LogP contribution in [-0.2, 0) is 4.79 Å². The van der Waals surface area contributed by atoms with Gasteiger partial charge < -0.3 is 20.6 Å². The molecule has 120 valence electrons. The number of hydrogen-bond acceptors (Lipinski definition) is 3. The van der Waals surface area contributed by atoms with Gasteiger partial charge in [-0.05, 0) is 38.8 Å². The van der Waals surface area contributed by atoms with Gasteiger partial charge in [-0.3, -0.25) is 4.79 Å². The molecule has 1 saturated heterocycles. The standard InChI is InChI=1S/C15H27N3O3/c1-18(11-7-9-16-10-8-11)15(21)17-13-6-4-2-3-5-12(13)14(19)20/h11-13,16H,2-10H2,1H3,(H,17,21)(H,19,20). The highest BCUT2D eigenvalue weighted by Crippen LogP contribution is 2.24. The zero-order valence-electron chi connectivity index (χ0n) is 12.8. The predicted octanol–water partition coefficient (Wildman–Crippen LogP) is 1.41. The van der Waals surface area contributed by atoms with Crippen LogP contribution in [0.4, 0.5) is 4.79 Å². The number of carboxylic acids is 1. The average molecular weight is 297 g/mol. The Labute approximate surface area is 126 Å². The van der Waals surface area contributed by atoms with Gasteiger partial charge in [0.15, 0.2) is 0 Å². The molecule has 2 fully saturated rings. The maximum atomic E-state index is 12.4. The summed E-state index contributed by atoms with van der Waals surface area (Å²) in [6, 6.07) is -0.109. The Morgan fingerprint density at radius 1 is 1.10 bits per heavy atom. The fraction of sp³-hybridized carbons (Fsp3) is 0.867. The molecule has 0 radical (unpaired) electrons. The van der Waals surface area contributed by atoms with Crippen molar-refractivity contribution in [3.05, 3.63) is 0 Å². The van der Waals surface area contributed by atoms with Gasteiger partial charge >= 0.3 is 12.0 Å². The normalized spacial score (nSPS) is 27.7. The molecule has 6 heteroatoms. The van der Waals surface area contributed by atoms with Gasteiger partial charge in [0.05, 0.1) is 5.92 Å². The van der Waals surface area contributed by atoms with Crippen molar-refractivity contribution in [3.8, 4) is 0 Å². The number of piperidine rings is 1. The van der Waals surface area contributed by atoms with Crippen LogP contribution in [-0.4, -0.2) is 54.2 Å². The Morgan fingerprint density at radius 2 is 1.76 bits per heavy atom. The lowest BCUT2D eigenvalue weighted by atomic mass is 9.95. The Balaban J connectivity index is 1.93. The first-order chi connectivity index (χ1) is 10.1. The van der Waals surface area contributed by atoms with Crippen LogP contribution in [0.1, 0.15) is 44.9 Å². The summed E-state index contributed by atoms with van der Waals surface area (Å²) in [6.45, 7) is 1.87. The number of hydrogen-bond donors (Lipinski definition) is 3. The van der Waals surface area contributed by atoms with Gasteiger partial charge in [0, 0.05) is 19.1 Å². The van der Waals surface area contributed by atoms with Crippen LogP contribution in [0.15, 0.2) is 0 Å². The number of carbonyl (C=O) groups excluding carboxylic acids is 1. The van der Waals surface area contributed by atoms with Crippen molar-refractivity contribution in [2.75, 3.05) is 20.1 Å². The quantitative estimate of drug-likeness (QED) is 0.688. The van der Waals surface area contributed by atoms with Crippen molar-refractivity contribution in [2.24, 2.45) is 5.92 Å². The number of aliphatic carboxylic acids is 1. The van der Waals surface area contributed by atoms with E-state index < -0.39 is 11.9 Å². The van der Waals surface area contributed by atoms with Crippen LogP contribution >= 0.6 is 0 Å². The summed E-state index contributed by atoms with van der Waals surface area (Å²) in [4.78, 5) is 25.5. The molecule has 21 heavy (non-hydrogen) atoms. The summed E-state index contributed by atoms with van der Waals surface area (Å²) in [5, 5.41) is 15.6. The van der Waals surface area contributed by atoms with E-state index in [1.807, 2.05) is 7.05 Å². The molecule has 2 unspecified atom stereocenters. The zero-order chi connectivity index (χ0) is 15.2. The van der Waals surface area contributed by atoms with Crippen LogP contribution in [0.2, 0.25) is 0 Å². The maximum absolute atomic E-state index is 12.4. The molecule has 3 N–H and O–H groups in total. The third-order valence-corrected chi connectivity index (χ3v) is 4.82. The number of nitrogens with zero attached hydrogens (tertiary/aromatic N) is 1. The van der Waals surface area contributed by atoms with E-state index in [9.17, 15) is 14.7 Å². The molecule has 0 aromatic carbocycles. The third kappa shape index (κ3) is 4.33. The van der Waals surface area contributed by atoms with Crippen molar-refractivity contribution in [1.29, 1.82) is 0 Å². The number of carbonyl (C=O) groups is 2. The Morgan fingerprint density at radius 3 is 2.43 bits per heavy atom. The van der Waals surface area contributed by atoms with E-state index in [2.05, 4.69) is 10.6 Å². The largest absolute Gasteiger partial charge is 0.481 e. The van der Waals surface area contributed by atoms with Crippen molar-refractivity contribution in [1.82, 2.24) is 15.5 Å². The van der Waals surface area contributed by atoms with Crippen molar-refractivity contribution in [3.63, 3.8) is 0 Å². The second-order valence-electron chi connectivity index (χ2n) is 6.23. The first kappa shape index (κ1) is 16.1. The highest BCUT2D eigenvalue weighted by atomic mass is 16.4. The lowest BCUT2D eigenvalue weighted by Crippen LogP contribution is -2.52. The summed E-state index contributed by atoms with van der Waals surface area (Å²) >= 11 is 0. The van der Waals surface area contributed by atoms with Gasteiger partial charge in [-0.2, -0.15) is 0 Å². The summed E-state index contributed by atoms with van der Waals surface area (Å²) in [7, 11) is 1.82. The smallest absolute Gasteiger partial charge is 0.317 e. The third-order valence-electron chi connectivity index (χ3n) is 4.82. The summed E-state index contributed by atoms with van der Waals surface area (Å²) in [5.74, 6) is -1.23. The SMILES string of the molecule is CN(C(=O)NC1CCCCCC1C(=O)O)C1CCNCC1. The Hall–Kier alpha value is -1.30. The number of carboxylic acid groups (broad SMARTS) is 1. The molecule has 2 aliphatic rings. The Kier molecular flexibility index (Phi) is 5.85. The van der Waals surface area contributed by atoms with Crippen molar-refractivity contribution >= 4 is 12.0 Å². The second kappa shape index (κ2) is 7.64. The van der Waals surface area contributed by atoms with Crippen LogP contribution < -0.4 is 10.6 Å². The molecular formula is C15H27N3O3. The highest BCUT2D eigenvalue weighted by molar-refractivity contribution is 5.77. The van der Waals surface area contributed by atoms with E-state index in [1.165, 1.54) is 0 Å². The van der Waals surface area contributed by atoms with Crippen LogP contribution in [0.3, 0.4) is 0 Å². The van der Waals surface area contributed by atoms with Gasteiger partial charge in [-0.15, -0.1) is 0 Å². The molecular weight excluding hydrogens is 270 g/mol. The lowest BCUT2D eigenvalue weighted by molar-refractivity contribution is -0.142. The zero-order valence-corrected chi connectivity index (χ0v) is 12.8. The van der Waals surface area contributed by atoms with E-state index in [0.29, 0.717) is 6.42 Å². The van der Waals surface area contributed by atoms with Crippen LogP contribution in [0, 0.1) is 5.92 Å². The van der Waals surface area contributed by atoms with Crippen LogP contribution in [0.5, 0.6) is 0 Å². The number of amides is 2. The van der Waals surface area contributed by atoms with E-state index in [-0.39, 0.29) is 18.1 Å². The fourth-order valence-electron chi connectivity index (χ4n) is 3.40. The first-order valence-electron chi connectivity index (χ1n) is 8.06. The monoisotopic (exact) mass is 297 g/mol. The minimum atomic E-state index is -0.785. The maximum Gasteiger partial charge on any atom is 0.317 e. The summed E-state index contributed by atoms with van der Waals surface area (Å²) in [6.07, 6.45) is 6.33. The Bertz CT molecular complexity index is 369. The first-order valence-corrected chi connectivity index (χ1v) is 8.06. The van der Waals surface area contributed by atoms with Gasteiger partial charge in [0.25, 0.3) is 0 Å². The topological polar surface area (TPSA) is 81.7 Å². The number of rotatable bonds is 3.